The van der Waals surface area contributed by atoms with Gasteiger partial charge in [-0.3, -0.25) is 0 Å². The number of terminal acetylenes is 1. The molecule has 0 spiro atoms. The Balaban J connectivity index is 4.76. The molecule has 0 radical (unpaired) electrons. The largest absolute Gasteiger partial charge is 0.507 e. The molecule has 1 aromatic rings. The summed E-state index contributed by atoms with van der Waals surface area (Å²) in [5.41, 5.74) is -9.08. The predicted octanol–water partition coefficient (Wildman–Crippen LogP) is 3.92. The first-order valence-corrected chi connectivity index (χ1v) is 6.19. The van der Waals surface area contributed by atoms with Crippen molar-refractivity contribution in [1.29, 1.82) is 0 Å². The van der Waals surface area contributed by atoms with Gasteiger partial charge in [0.1, 0.15) is 16.9 Å². The van der Waals surface area contributed by atoms with Crippen LogP contribution in [0.25, 0.3) is 11.1 Å². The fourth-order valence-electron chi connectivity index (χ4n) is 2.11. The molecule has 0 aromatic heterocycles. The molecule has 0 amide bonds. The molecule has 0 fully saturated rings. The van der Waals surface area contributed by atoms with Crippen LogP contribution in [0.5, 0.6) is 5.75 Å². The Hall–Kier alpha value is -2.52. The van der Waals surface area contributed by atoms with E-state index in [0.29, 0.717) is 0 Å². The van der Waals surface area contributed by atoms with Crippen LogP contribution in [0.15, 0.2) is 12.1 Å². The average Bonchev–Trinajstić information content (AvgIpc) is 2.36. The van der Waals surface area contributed by atoms with Crippen LogP contribution in [0.3, 0.4) is 0 Å². The first kappa shape index (κ1) is 22.5. The highest BCUT2D eigenvalue weighted by atomic mass is 19.4. The van der Waals surface area contributed by atoms with E-state index in [0.717, 1.165) is 0 Å². The molecule has 1 N–H and O–H groups in total. The van der Waals surface area contributed by atoms with Crippen molar-refractivity contribution in [3.63, 3.8) is 0 Å². The fourth-order valence-corrected chi connectivity index (χ4v) is 2.11. The van der Waals surface area contributed by atoms with Gasteiger partial charge >= 0.3 is 24.7 Å². The normalized spacial score (nSPS) is 13.3. The monoisotopic (exact) mass is 416 g/mol. The number of alkyl halides is 12. The van der Waals surface area contributed by atoms with Crippen molar-refractivity contribution >= 4 is 11.1 Å². The SMILES string of the molecule is C#Cc1ccc(O)c(=C(C(F)(F)F)C(F)(F)F)c1=C(C(F)(F)F)C(F)(F)F. The van der Waals surface area contributed by atoms with Crippen molar-refractivity contribution < 1.29 is 57.8 Å². The maximum Gasteiger partial charge on any atom is 0.422 e. The summed E-state index contributed by atoms with van der Waals surface area (Å²) in [5, 5.41) is 3.93. The first-order chi connectivity index (χ1) is 11.8. The van der Waals surface area contributed by atoms with E-state index < -0.39 is 57.6 Å². The number of halogens is 12. The molecule has 0 saturated heterocycles. The topological polar surface area (TPSA) is 20.2 Å². The van der Waals surface area contributed by atoms with Gasteiger partial charge in [0, 0.05) is 16.0 Å². The third kappa shape index (κ3) is 4.61. The van der Waals surface area contributed by atoms with Crippen LogP contribution in [0, 0.1) is 12.3 Å². The smallest absolute Gasteiger partial charge is 0.422 e. The van der Waals surface area contributed by atoms with Crippen LogP contribution >= 0.6 is 0 Å². The molecule has 1 rings (SSSR count). The van der Waals surface area contributed by atoms with Gasteiger partial charge in [0.15, 0.2) is 0 Å². The average molecular weight is 416 g/mol. The van der Waals surface area contributed by atoms with Gasteiger partial charge in [-0.05, 0) is 12.1 Å². The number of rotatable bonds is 0. The molecule has 1 aromatic carbocycles. The van der Waals surface area contributed by atoms with E-state index in [1.807, 2.05) is 0 Å². The Morgan fingerprint density at radius 3 is 1.30 bits per heavy atom. The molecule has 0 atom stereocenters. The lowest BCUT2D eigenvalue weighted by molar-refractivity contribution is -0.141. The number of phenolic OH excluding ortho intramolecular Hbond substituents is 1. The van der Waals surface area contributed by atoms with Gasteiger partial charge in [-0.15, -0.1) is 6.42 Å². The second-order valence-electron chi connectivity index (χ2n) is 4.77. The highest BCUT2D eigenvalue weighted by molar-refractivity contribution is 5.66. The zero-order chi connectivity index (χ0) is 21.6. The highest BCUT2D eigenvalue weighted by Crippen LogP contribution is 2.41. The van der Waals surface area contributed by atoms with E-state index in [9.17, 15) is 57.8 Å². The van der Waals surface area contributed by atoms with E-state index in [-0.39, 0.29) is 12.1 Å². The molecule has 0 bridgehead atoms. The Morgan fingerprint density at radius 1 is 0.667 bits per heavy atom. The van der Waals surface area contributed by atoms with Crippen molar-refractivity contribution in [3.05, 3.63) is 28.1 Å². The summed E-state index contributed by atoms with van der Waals surface area (Å²) in [7, 11) is 0. The van der Waals surface area contributed by atoms with Crippen molar-refractivity contribution in [2.45, 2.75) is 24.7 Å². The molecule has 13 heteroatoms. The molecule has 0 aliphatic carbocycles. The van der Waals surface area contributed by atoms with E-state index in [2.05, 4.69) is 6.42 Å². The van der Waals surface area contributed by atoms with Crippen molar-refractivity contribution in [3.8, 4) is 18.1 Å². The molecular formula is C14H4F12O. The quantitative estimate of drug-likeness (QED) is 0.502. The maximum atomic E-state index is 12.9. The van der Waals surface area contributed by atoms with Gasteiger partial charge in [0.2, 0.25) is 0 Å². The number of hydrogen-bond acceptors (Lipinski definition) is 1. The number of benzene rings is 1. The van der Waals surface area contributed by atoms with Gasteiger partial charge in [-0.2, -0.15) is 52.7 Å². The van der Waals surface area contributed by atoms with Gasteiger partial charge in [0.25, 0.3) is 0 Å². The number of aromatic hydroxyl groups is 1. The lowest BCUT2D eigenvalue weighted by Crippen LogP contribution is -2.45. The number of hydrogen-bond donors (Lipinski definition) is 1. The zero-order valence-corrected chi connectivity index (χ0v) is 12.2. The Kier molecular flexibility index (Phi) is 5.48. The lowest BCUT2D eigenvalue weighted by atomic mass is 9.99. The Morgan fingerprint density at radius 2 is 1.00 bits per heavy atom. The Bertz CT molecular complexity index is 855. The van der Waals surface area contributed by atoms with Gasteiger partial charge in [-0.25, -0.2) is 0 Å². The molecule has 0 aliphatic heterocycles. The van der Waals surface area contributed by atoms with Gasteiger partial charge in [-0.1, -0.05) is 5.92 Å². The van der Waals surface area contributed by atoms with Crippen LogP contribution in [-0.2, 0) is 0 Å². The van der Waals surface area contributed by atoms with Crippen LogP contribution in [0.4, 0.5) is 52.7 Å². The van der Waals surface area contributed by atoms with Crippen molar-refractivity contribution in [1.82, 2.24) is 0 Å². The first-order valence-electron chi connectivity index (χ1n) is 6.19. The second kappa shape index (κ2) is 6.58. The molecule has 150 valence electrons. The molecule has 0 aliphatic rings. The lowest BCUT2D eigenvalue weighted by Gasteiger charge is -2.19. The van der Waals surface area contributed by atoms with Crippen LogP contribution in [0.1, 0.15) is 5.56 Å². The second-order valence-corrected chi connectivity index (χ2v) is 4.77. The van der Waals surface area contributed by atoms with Crippen LogP contribution in [-0.4, -0.2) is 29.8 Å². The van der Waals surface area contributed by atoms with Gasteiger partial charge < -0.3 is 5.11 Å². The summed E-state index contributed by atoms with van der Waals surface area (Å²) in [5.74, 6) is -0.960. The van der Waals surface area contributed by atoms with E-state index >= 15 is 0 Å². The third-order valence-corrected chi connectivity index (χ3v) is 2.97. The van der Waals surface area contributed by atoms with E-state index in [4.69, 9.17) is 0 Å². The Labute approximate surface area is 141 Å². The highest BCUT2D eigenvalue weighted by Gasteiger charge is 2.55. The third-order valence-electron chi connectivity index (χ3n) is 2.97. The zero-order valence-electron chi connectivity index (χ0n) is 12.2. The minimum Gasteiger partial charge on any atom is -0.507 e. The van der Waals surface area contributed by atoms with Crippen LogP contribution < -0.4 is 10.4 Å². The summed E-state index contributed by atoms with van der Waals surface area (Å²) < 4.78 is 155. The summed E-state index contributed by atoms with van der Waals surface area (Å²) in [6.45, 7) is 0. The van der Waals surface area contributed by atoms with Gasteiger partial charge in [0.05, 0.1) is 0 Å². The molecule has 0 heterocycles. The summed E-state index contributed by atoms with van der Waals surface area (Å²) in [6, 6.07) is 0.173. The molecule has 1 nitrogen and oxygen atoms in total. The minimum absolute atomic E-state index is 0.0237. The standard InChI is InChI=1S/C14H4F12O/c1-2-5-3-4-6(27)8(10(13(21,22)23)14(24,25)26)7(5)9(11(15,16)17)12(18,19)20/h1,3-4,27H. The summed E-state index contributed by atoms with van der Waals surface area (Å²) in [4.78, 5) is 0. The summed E-state index contributed by atoms with van der Waals surface area (Å²) >= 11 is 0. The fraction of sp³-hybridized carbons (Fsp3) is 0.286. The molecular weight excluding hydrogens is 412 g/mol. The van der Waals surface area contributed by atoms with E-state index in [1.54, 1.807) is 0 Å². The summed E-state index contributed by atoms with van der Waals surface area (Å²) in [6.07, 6.45) is -21.2. The predicted molar refractivity (Wildman–Crippen MR) is 66.3 cm³/mol. The van der Waals surface area contributed by atoms with Crippen LogP contribution in [0.2, 0.25) is 0 Å². The molecule has 27 heavy (non-hydrogen) atoms. The number of phenols is 1. The molecule has 0 unspecified atom stereocenters. The minimum atomic E-state index is -6.47. The van der Waals surface area contributed by atoms with Crippen molar-refractivity contribution in [2.24, 2.45) is 0 Å². The maximum absolute atomic E-state index is 12.9. The van der Waals surface area contributed by atoms with Crippen molar-refractivity contribution in [2.75, 3.05) is 0 Å². The molecule has 0 saturated carbocycles. The van der Waals surface area contributed by atoms with E-state index in [1.165, 1.54) is 5.92 Å².